The van der Waals surface area contributed by atoms with Gasteiger partial charge in [-0.25, -0.2) is 0 Å². The van der Waals surface area contributed by atoms with E-state index < -0.39 is 5.97 Å². The van der Waals surface area contributed by atoms with Gasteiger partial charge >= 0.3 is 10.8 Å². The van der Waals surface area contributed by atoms with E-state index >= 15 is 0 Å². The first kappa shape index (κ1) is 17.9. The summed E-state index contributed by atoms with van der Waals surface area (Å²) in [6.07, 6.45) is 0.0916. The van der Waals surface area contributed by atoms with E-state index in [2.05, 4.69) is 10.1 Å². The van der Waals surface area contributed by atoms with Crippen molar-refractivity contribution < 1.29 is 18.8 Å². The van der Waals surface area contributed by atoms with Crippen LogP contribution in [0.3, 0.4) is 0 Å². The average Bonchev–Trinajstić information content (AvgIpc) is 3.25. The molecule has 8 nitrogen and oxygen atoms in total. The van der Waals surface area contributed by atoms with Gasteiger partial charge in [0, 0.05) is 23.2 Å². The molecule has 0 amide bonds. The van der Waals surface area contributed by atoms with Crippen molar-refractivity contribution in [2.24, 2.45) is 0 Å². The van der Waals surface area contributed by atoms with Crippen LogP contribution in [0, 0.1) is 6.92 Å². The predicted molar refractivity (Wildman–Crippen MR) is 94.0 cm³/mol. The number of hydrogen-bond donors (Lipinski definition) is 0. The van der Waals surface area contributed by atoms with Gasteiger partial charge in [0.05, 0.1) is 13.5 Å². The summed E-state index contributed by atoms with van der Waals surface area (Å²) in [5, 5.41) is 5.63. The Morgan fingerprint density at radius 2 is 2.23 bits per heavy atom. The van der Waals surface area contributed by atoms with Crippen molar-refractivity contribution in [2.45, 2.75) is 26.5 Å². The zero-order valence-corrected chi connectivity index (χ0v) is 15.1. The topological polar surface area (TPSA) is 96.5 Å². The second kappa shape index (κ2) is 7.96. The van der Waals surface area contributed by atoms with Gasteiger partial charge in [-0.2, -0.15) is 4.98 Å². The molecule has 0 saturated carbocycles. The molecule has 0 saturated heterocycles. The maximum Gasteiger partial charge on any atom is 0.308 e. The van der Waals surface area contributed by atoms with Crippen LogP contribution in [-0.2, 0) is 22.7 Å². The zero-order chi connectivity index (χ0) is 18.5. The summed E-state index contributed by atoms with van der Waals surface area (Å²) < 4.78 is 16.9. The molecule has 0 N–H and O–H groups in total. The van der Waals surface area contributed by atoms with Gasteiger partial charge in [0.25, 0.3) is 5.89 Å². The third-order valence-corrected chi connectivity index (χ3v) is 4.55. The van der Waals surface area contributed by atoms with Crippen LogP contribution in [0.25, 0.3) is 11.4 Å². The van der Waals surface area contributed by atoms with E-state index in [-0.39, 0.29) is 30.3 Å². The summed E-state index contributed by atoms with van der Waals surface area (Å²) in [7, 11) is 1.58. The van der Waals surface area contributed by atoms with E-state index in [0.717, 1.165) is 22.6 Å². The number of benzene rings is 1. The first-order valence-electron chi connectivity index (χ1n) is 7.84. The first-order chi connectivity index (χ1) is 12.6. The molecule has 9 heteroatoms. The summed E-state index contributed by atoms with van der Waals surface area (Å²) >= 11 is 1.11. The molecule has 0 aliphatic heterocycles. The largest absolute Gasteiger partial charge is 0.497 e. The SMILES string of the molecule is COc1cccc(-c2noc(COC(=O)CCn3c(C)csc3=O)n2)c1. The molecule has 136 valence electrons. The van der Waals surface area contributed by atoms with Crippen molar-refractivity contribution in [3.05, 3.63) is 50.9 Å². The van der Waals surface area contributed by atoms with Crippen molar-refractivity contribution in [1.82, 2.24) is 14.7 Å². The van der Waals surface area contributed by atoms with E-state index in [0.29, 0.717) is 11.6 Å². The Labute approximate surface area is 153 Å². The van der Waals surface area contributed by atoms with Gasteiger partial charge in [0.2, 0.25) is 5.82 Å². The number of nitrogens with zero attached hydrogens (tertiary/aromatic N) is 3. The predicted octanol–water partition coefficient (Wildman–Crippen LogP) is 2.41. The number of hydrogen-bond acceptors (Lipinski definition) is 8. The number of rotatable bonds is 7. The van der Waals surface area contributed by atoms with Gasteiger partial charge in [0.15, 0.2) is 6.61 Å². The van der Waals surface area contributed by atoms with Crippen molar-refractivity contribution in [1.29, 1.82) is 0 Å². The highest BCUT2D eigenvalue weighted by atomic mass is 32.1. The number of aryl methyl sites for hydroxylation is 1. The summed E-state index contributed by atoms with van der Waals surface area (Å²) in [5.41, 5.74) is 1.56. The zero-order valence-electron chi connectivity index (χ0n) is 14.3. The Balaban J connectivity index is 1.54. The van der Waals surface area contributed by atoms with Crippen LogP contribution in [-0.4, -0.2) is 27.8 Å². The molecule has 26 heavy (non-hydrogen) atoms. The Hall–Kier alpha value is -2.94. The van der Waals surface area contributed by atoms with Gasteiger partial charge in [-0.3, -0.25) is 9.59 Å². The Bertz CT molecular complexity index is 959. The fourth-order valence-electron chi connectivity index (χ4n) is 2.28. The molecule has 0 bridgehead atoms. The number of carbonyl (C=O) groups excluding carboxylic acids is 1. The molecule has 2 heterocycles. The van der Waals surface area contributed by atoms with Crippen LogP contribution in [0.5, 0.6) is 5.75 Å². The van der Waals surface area contributed by atoms with E-state index in [4.69, 9.17) is 14.0 Å². The minimum absolute atomic E-state index is 0.0878. The second-order valence-electron chi connectivity index (χ2n) is 5.45. The van der Waals surface area contributed by atoms with E-state index in [1.807, 2.05) is 25.1 Å². The maximum absolute atomic E-state index is 11.9. The Kier molecular flexibility index (Phi) is 5.47. The average molecular weight is 375 g/mol. The second-order valence-corrected chi connectivity index (χ2v) is 6.27. The van der Waals surface area contributed by atoms with E-state index in [9.17, 15) is 9.59 Å². The summed E-state index contributed by atoms with van der Waals surface area (Å²) in [4.78, 5) is 27.6. The Morgan fingerprint density at radius 3 is 2.96 bits per heavy atom. The number of thiazole rings is 1. The van der Waals surface area contributed by atoms with Crippen molar-refractivity contribution in [3.8, 4) is 17.1 Å². The lowest BCUT2D eigenvalue weighted by Gasteiger charge is -2.04. The van der Waals surface area contributed by atoms with Crippen molar-refractivity contribution in [2.75, 3.05) is 7.11 Å². The number of carbonyl (C=O) groups is 1. The van der Waals surface area contributed by atoms with Crippen LogP contribution < -0.4 is 9.61 Å². The molecule has 3 aromatic rings. The highest BCUT2D eigenvalue weighted by Gasteiger charge is 2.12. The van der Waals surface area contributed by atoms with Gasteiger partial charge in [-0.1, -0.05) is 28.6 Å². The molecule has 2 aromatic heterocycles. The van der Waals surface area contributed by atoms with Crippen LogP contribution in [0.15, 0.2) is 39.0 Å². The molecular formula is C17H17N3O5S. The lowest BCUT2D eigenvalue weighted by atomic mass is 10.2. The highest BCUT2D eigenvalue weighted by molar-refractivity contribution is 7.07. The third kappa shape index (κ3) is 4.17. The smallest absolute Gasteiger partial charge is 0.308 e. The number of esters is 1. The minimum atomic E-state index is -0.441. The van der Waals surface area contributed by atoms with Gasteiger partial charge in [-0.05, 0) is 19.1 Å². The molecular weight excluding hydrogens is 358 g/mol. The van der Waals surface area contributed by atoms with Crippen LogP contribution >= 0.6 is 11.3 Å². The fourth-order valence-corrected chi connectivity index (χ4v) is 3.05. The quantitative estimate of drug-likeness (QED) is 0.585. The molecule has 0 atom stereocenters. The molecule has 0 aliphatic rings. The monoisotopic (exact) mass is 375 g/mol. The van der Waals surface area contributed by atoms with Crippen molar-refractivity contribution >= 4 is 17.3 Å². The minimum Gasteiger partial charge on any atom is -0.497 e. The lowest BCUT2D eigenvalue weighted by molar-refractivity contribution is -0.146. The maximum atomic E-state index is 11.9. The van der Waals surface area contributed by atoms with E-state index in [1.165, 1.54) is 0 Å². The Morgan fingerprint density at radius 1 is 1.38 bits per heavy atom. The van der Waals surface area contributed by atoms with E-state index in [1.54, 1.807) is 23.1 Å². The highest BCUT2D eigenvalue weighted by Crippen LogP contribution is 2.21. The van der Waals surface area contributed by atoms with Crippen LogP contribution in [0.4, 0.5) is 0 Å². The number of methoxy groups -OCH3 is 1. The standard InChI is InChI=1S/C17H17N3O5S/c1-11-10-26-17(22)20(11)7-6-15(21)24-9-14-18-16(19-25-14)12-4-3-5-13(8-12)23-2/h3-5,8,10H,6-7,9H2,1-2H3. The molecule has 0 radical (unpaired) electrons. The number of ether oxygens (including phenoxy) is 2. The van der Waals surface area contributed by atoms with Crippen LogP contribution in [0.2, 0.25) is 0 Å². The fraction of sp³-hybridized carbons (Fsp3) is 0.294. The molecule has 0 aliphatic carbocycles. The normalized spacial score (nSPS) is 10.7. The van der Waals surface area contributed by atoms with Gasteiger partial charge in [0.1, 0.15) is 5.75 Å². The van der Waals surface area contributed by atoms with Crippen LogP contribution in [0.1, 0.15) is 18.0 Å². The molecule has 0 spiro atoms. The van der Waals surface area contributed by atoms with Gasteiger partial charge in [-0.15, -0.1) is 0 Å². The molecule has 3 rings (SSSR count). The molecule has 0 unspecified atom stereocenters. The summed E-state index contributed by atoms with van der Waals surface area (Å²) in [6, 6.07) is 7.23. The summed E-state index contributed by atoms with van der Waals surface area (Å²) in [5.74, 6) is 0.818. The molecule has 0 fully saturated rings. The van der Waals surface area contributed by atoms with Crippen molar-refractivity contribution in [3.63, 3.8) is 0 Å². The lowest BCUT2D eigenvalue weighted by Crippen LogP contribution is -2.17. The number of aromatic nitrogens is 3. The third-order valence-electron chi connectivity index (χ3n) is 3.67. The first-order valence-corrected chi connectivity index (χ1v) is 8.72. The van der Waals surface area contributed by atoms with Gasteiger partial charge < -0.3 is 18.6 Å². The molecule has 1 aromatic carbocycles. The summed E-state index contributed by atoms with van der Waals surface area (Å²) in [6.45, 7) is 1.99.